The number of likely N-dealkylation sites (N-methyl/N-ethyl adjacent to an activating group) is 1. The molecule has 0 spiro atoms. The van der Waals surface area contributed by atoms with Gasteiger partial charge in [-0.15, -0.1) is 11.3 Å². The molecule has 1 saturated carbocycles. The van der Waals surface area contributed by atoms with Gasteiger partial charge in [0.25, 0.3) is 11.8 Å². The minimum absolute atomic E-state index is 0.0896. The molecule has 1 N–H and O–H groups in total. The zero-order chi connectivity index (χ0) is 28.8. The number of carbonyl (C=O) groups excluding carboxylic acids is 2. The van der Waals surface area contributed by atoms with E-state index < -0.39 is 5.54 Å². The predicted molar refractivity (Wildman–Crippen MR) is 166 cm³/mol. The number of nitrogens with one attached hydrogen (secondary N) is 1. The average Bonchev–Trinajstić information content (AvgIpc) is 3.37. The number of fused-ring (bicyclic) bond motifs is 1. The van der Waals surface area contributed by atoms with Crippen molar-refractivity contribution < 1.29 is 14.3 Å². The molecule has 216 valence electrons. The maximum absolute atomic E-state index is 13.8. The first kappa shape index (κ1) is 27.1. The molecule has 3 aliphatic rings. The molecule has 7 rings (SSSR count). The number of likely N-dealkylation sites (tertiary alicyclic amines) is 2. The van der Waals surface area contributed by atoms with Gasteiger partial charge in [-0.2, -0.15) is 0 Å². The van der Waals surface area contributed by atoms with Crippen LogP contribution in [0.4, 0.5) is 0 Å². The fraction of sp³-hybridized carbons (Fsp3) is 0.382. The Balaban J connectivity index is 1.16. The van der Waals surface area contributed by atoms with Crippen LogP contribution in [0.5, 0.6) is 5.75 Å². The van der Waals surface area contributed by atoms with Gasteiger partial charge in [-0.05, 0) is 112 Å². The van der Waals surface area contributed by atoms with Gasteiger partial charge in [-0.1, -0.05) is 12.1 Å². The second kappa shape index (κ2) is 10.8. The molecule has 3 fully saturated rings. The number of ether oxygens (including phenoxy) is 1. The van der Waals surface area contributed by atoms with Crippen molar-refractivity contribution in [2.75, 3.05) is 33.3 Å². The van der Waals surface area contributed by atoms with Crippen LogP contribution in [-0.2, 0) is 5.54 Å². The molecule has 1 aliphatic carbocycles. The quantitative estimate of drug-likeness (QED) is 0.276. The van der Waals surface area contributed by atoms with E-state index in [2.05, 4.69) is 40.4 Å². The first-order chi connectivity index (χ1) is 20.4. The van der Waals surface area contributed by atoms with Gasteiger partial charge in [-0.3, -0.25) is 19.5 Å². The van der Waals surface area contributed by atoms with E-state index in [-0.39, 0.29) is 11.8 Å². The van der Waals surface area contributed by atoms with E-state index >= 15 is 0 Å². The second-order valence-corrected chi connectivity index (χ2v) is 13.1. The van der Waals surface area contributed by atoms with Gasteiger partial charge >= 0.3 is 0 Å². The molecule has 0 unspecified atom stereocenters. The molecule has 8 heteroatoms. The van der Waals surface area contributed by atoms with Crippen molar-refractivity contribution in [3.05, 3.63) is 82.4 Å². The molecule has 1 atom stereocenters. The summed E-state index contributed by atoms with van der Waals surface area (Å²) < 4.78 is 6.07. The van der Waals surface area contributed by atoms with Gasteiger partial charge in [0.05, 0.1) is 15.9 Å². The monoisotopic (exact) mass is 580 g/mol. The van der Waals surface area contributed by atoms with Crippen LogP contribution in [0.15, 0.2) is 60.8 Å². The summed E-state index contributed by atoms with van der Waals surface area (Å²) in [5, 5.41) is 4.45. The number of rotatable bonds is 8. The van der Waals surface area contributed by atoms with Crippen molar-refractivity contribution >= 4 is 34.1 Å². The number of nitrogens with zero attached hydrogens (tertiary/aromatic N) is 3. The Labute approximate surface area is 250 Å². The Morgan fingerprint density at radius 3 is 2.64 bits per heavy atom. The van der Waals surface area contributed by atoms with Crippen LogP contribution in [0.2, 0.25) is 0 Å². The third-order valence-corrected chi connectivity index (χ3v) is 10.3. The van der Waals surface area contributed by atoms with Crippen molar-refractivity contribution in [2.45, 2.75) is 50.6 Å². The molecule has 0 bridgehead atoms. The average molecular weight is 581 g/mol. The Kier molecular flexibility index (Phi) is 6.98. The summed E-state index contributed by atoms with van der Waals surface area (Å²) in [4.78, 5) is 37.5. The van der Waals surface area contributed by atoms with Gasteiger partial charge in [0, 0.05) is 41.2 Å². The number of amides is 2. The smallest absolute Gasteiger partial charge is 0.263 e. The second-order valence-electron chi connectivity index (χ2n) is 12.0. The van der Waals surface area contributed by atoms with Crippen LogP contribution < -0.4 is 10.1 Å². The lowest BCUT2D eigenvalue weighted by molar-refractivity contribution is 0.0767. The molecular formula is C34H36N4O3S. The summed E-state index contributed by atoms with van der Waals surface area (Å²) >= 11 is 1.53. The largest absolute Gasteiger partial charge is 0.492 e. The summed E-state index contributed by atoms with van der Waals surface area (Å²) in [6.07, 6.45) is 6.82. The molecule has 7 nitrogen and oxygen atoms in total. The van der Waals surface area contributed by atoms with Crippen molar-refractivity contribution in [3.8, 4) is 16.2 Å². The van der Waals surface area contributed by atoms with Crippen LogP contribution in [0, 0.1) is 6.92 Å². The fourth-order valence-corrected chi connectivity index (χ4v) is 7.15. The SMILES string of the molecule is Cc1ccc(OC[C@@H]2CCN2C)cc1C(=O)NC1(c2cc(-c3ccc(C(=O)N4CCCC4)s3)cc3ncccc23)CC1. The first-order valence-electron chi connectivity index (χ1n) is 15.0. The minimum atomic E-state index is -0.461. The van der Waals surface area contributed by atoms with E-state index in [0.717, 1.165) is 94.8 Å². The number of aryl methyl sites for hydroxylation is 1. The molecular weight excluding hydrogens is 544 g/mol. The number of benzene rings is 2. The Morgan fingerprint density at radius 2 is 1.90 bits per heavy atom. The first-order valence-corrected chi connectivity index (χ1v) is 15.8. The number of thiophene rings is 1. The van der Waals surface area contributed by atoms with Crippen molar-refractivity contribution in [1.29, 1.82) is 0 Å². The highest BCUT2D eigenvalue weighted by molar-refractivity contribution is 7.17. The van der Waals surface area contributed by atoms with E-state index in [0.29, 0.717) is 18.2 Å². The fourth-order valence-electron chi connectivity index (χ4n) is 6.18. The predicted octanol–water partition coefficient (Wildman–Crippen LogP) is 6.01. The molecule has 0 radical (unpaired) electrons. The lowest BCUT2D eigenvalue weighted by atomic mass is 9.95. The highest BCUT2D eigenvalue weighted by Crippen LogP contribution is 2.49. The lowest BCUT2D eigenvalue weighted by Crippen LogP contribution is -2.48. The maximum atomic E-state index is 13.8. The molecule has 2 aromatic carbocycles. The summed E-state index contributed by atoms with van der Waals surface area (Å²) in [7, 11) is 2.11. The van der Waals surface area contributed by atoms with Gasteiger partial charge in [0.1, 0.15) is 12.4 Å². The highest BCUT2D eigenvalue weighted by Gasteiger charge is 2.47. The molecule has 2 amide bonds. The minimum Gasteiger partial charge on any atom is -0.492 e. The lowest BCUT2D eigenvalue weighted by Gasteiger charge is -2.37. The number of hydrogen-bond acceptors (Lipinski definition) is 6. The molecule has 42 heavy (non-hydrogen) atoms. The number of aromatic nitrogens is 1. The molecule has 2 aliphatic heterocycles. The third kappa shape index (κ3) is 5.07. The number of carbonyl (C=O) groups is 2. The highest BCUT2D eigenvalue weighted by atomic mass is 32.1. The Bertz CT molecular complexity index is 1670. The van der Waals surface area contributed by atoms with E-state index in [1.165, 1.54) is 11.3 Å². The Hall–Kier alpha value is -3.75. The molecule has 4 aromatic rings. The molecule has 4 heterocycles. The maximum Gasteiger partial charge on any atom is 0.263 e. The molecule has 2 saturated heterocycles. The van der Waals surface area contributed by atoms with Gasteiger partial charge in [0.15, 0.2) is 0 Å². The van der Waals surface area contributed by atoms with E-state index in [1.54, 1.807) is 6.20 Å². The van der Waals surface area contributed by atoms with E-state index in [9.17, 15) is 9.59 Å². The van der Waals surface area contributed by atoms with Crippen molar-refractivity contribution in [2.24, 2.45) is 0 Å². The van der Waals surface area contributed by atoms with Crippen LogP contribution in [0.3, 0.4) is 0 Å². The van der Waals surface area contributed by atoms with Crippen LogP contribution in [-0.4, -0.2) is 65.9 Å². The number of pyridine rings is 1. The third-order valence-electron chi connectivity index (χ3n) is 9.17. The molecule has 2 aromatic heterocycles. The van der Waals surface area contributed by atoms with Gasteiger partial charge in [-0.25, -0.2) is 0 Å². The van der Waals surface area contributed by atoms with Gasteiger partial charge in [0.2, 0.25) is 0 Å². The topological polar surface area (TPSA) is 74.8 Å². The van der Waals surface area contributed by atoms with Crippen LogP contribution >= 0.6 is 11.3 Å². The zero-order valence-electron chi connectivity index (χ0n) is 24.2. The number of hydrogen-bond donors (Lipinski definition) is 1. The summed E-state index contributed by atoms with van der Waals surface area (Å²) in [5.41, 5.74) is 4.09. The van der Waals surface area contributed by atoms with E-state index in [1.807, 2.05) is 48.2 Å². The summed E-state index contributed by atoms with van der Waals surface area (Å²) in [6.45, 7) is 5.38. The summed E-state index contributed by atoms with van der Waals surface area (Å²) in [5.74, 6) is 0.757. The van der Waals surface area contributed by atoms with Crippen LogP contribution in [0.25, 0.3) is 21.3 Å². The van der Waals surface area contributed by atoms with E-state index in [4.69, 9.17) is 4.74 Å². The van der Waals surface area contributed by atoms with Gasteiger partial charge < -0.3 is 15.0 Å². The van der Waals surface area contributed by atoms with Crippen molar-refractivity contribution in [3.63, 3.8) is 0 Å². The zero-order valence-corrected chi connectivity index (χ0v) is 25.0. The van der Waals surface area contributed by atoms with Crippen molar-refractivity contribution in [1.82, 2.24) is 20.1 Å². The normalized spacial score (nSPS) is 19.5. The van der Waals surface area contributed by atoms with Crippen LogP contribution in [0.1, 0.15) is 63.3 Å². The Morgan fingerprint density at radius 1 is 1.07 bits per heavy atom. The summed E-state index contributed by atoms with van der Waals surface area (Å²) in [6, 6.07) is 18.5. The standard InChI is InChI=1S/C34H36N4O3S/c1-22-7-8-25(41-21-24-11-17-37(24)2)20-27(22)32(39)36-34(12-13-34)28-18-23(19-29-26(28)6-5-14-35-29)30-9-10-31(42-30)33(40)38-15-3-4-16-38/h5-10,14,18-20,24H,3-4,11-13,15-17,21H2,1-2H3,(H,36,39)/t24-/m0/s1.